The molecule has 0 aliphatic carbocycles. The fourth-order valence-corrected chi connectivity index (χ4v) is 3.69. The van der Waals surface area contributed by atoms with Crippen molar-refractivity contribution in [3.05, 3.63) is 74.9 Å². The molecular formula is C22H19N5O5S. The molecule has 0 bridgehead atoms. The molecule has 2 N–H and O–H groups in total. The molecule has 2 aromatic carbocycles. The number of ether oxygens (including phenoxy) is 2. The van der Waals surface area contributed by atoms with Crippen molar-refractivity contribution in [1.29, 1.82) is 0 Å². The fraction of sp³-hybridized carbons (Fsp3) is 0.136. The first-order valence-corrected chi connectivity index (χ1v) is 10.7. The Morgan fingerprint density at radius 1 is 1.09 bits per heavy atom. The Morgan fingerprint density at radius 3 is 2.45 bits per heavy atom. The summed E-state index contributed by atoms with van der Waals surface area (Å²) >= 11 is 1.20. The van der Waals surface area contributed by atoms with Gasteiger partial charge in [-0.15, -0.1) is 10.2 Å². The zero-order valence-electron chi connectivity index (χ0n) is 17.7. The maximum atomic E-state index is 12.3. The van der Waals surface area contributed by atoms with Crippen molar-refractivity contribution in [2.45, 2.75) is 6.92 Å². The lowest BCUT2D eigenvalue weighted by Crippen LogP contribution is -2.31. The number of benzene rings is 2. The van der Waals surface area contributed by atoms with E-state index in [0.29, 0.717) is 23.1 Å². The van der Waals surface area contributed by atoms with Crippen LogP contribution in [0.3, 0.4) is 0 Å². The van der Waals surface area contributed by atoms with Crippen LogP contribution in [-0.2, 0) is 0 Å². The molecule has 0 unspecified atom stereocenters. The van der Waals surface area contributed by atoms with Crippen molar-refractivity contribution in [3.8, 4) is 33.6 Å². The molecule has 2 heterocycles. The summed E-state index contributed by atoms with van der Waals surface area (Å²) in [6, 6.07) is 13.8. The van der Waals surface area contributed by atoms with E-state index in [1.54, 1.807) is 43.5 Å². The summed E-state index contributed by atoms with van der Waals surface area (Å²) in [5, 5.41) is 19.7. The largest absolute Gasteiger partial charge is 0.497 e. The fourth-order valence-electron chi connectivity index (χ4n) is 2.99. The van der Waals surface area contributed by atoms with Gasteiger partial charge in [0, 0.05) is 11.8 Å². The number of aliphatic imine (C=N–C) groups is 1. The third-order valence-corrected chi connectivity index (χ3v) is 5.46. The molecule has 4 rings (SSSR count). The number of hydrogen-bond acceptors (Lipinski definition) is 9. The lowest BCUT2D eigenvalue weighted by atomic mass is 10.2. The summed E-state index contributed by atoms with van der Waals surface area (Å²) in [7, 11) is 1.59. The van der Waals surface area contributed by atoms with E-state index in [4.69, 9.17) is 9.47 Å². The number of aromatic hydroxyl groups is 1. The maximum absolute atomic E-state index is 12.3. The Kier molecular flexibility index (Phi) is 6.31. The molecule has 0 aliphatic rings. The zero-order chi connectivity index (χ0) is 23.4. The van der Waals surface area contributed by atoms with Crippen molar-refractivity contribution in [2.75, 3.05) is 13.7 Å². The highest BCUT2D eigenvalue weighted by molar-refractivity contribution is 7.18. The smallest absolute Gasteiger partial charge is 0.335 e. The van der Waals surface area contributed by atoms with E-state index < -0.39 is 17.1 Å². The predicted molar refractivity (Wildman–Crippen MR) is 125 cm³/mol. The van der Waals surface area contributed by atoms with E-state index >= 15 is 0 Å². The summed E-state index contributed by atoms with van der Waals surface area (Å²) < 4.78 is 11.5. The van der Waals surface area contributed by atoms with Gasteiger partial charge in [-0.25, -0.2) is 14.4 Å². The molecule has 0 spiro atoms. The van der Waals surface area contributed by atoms with Gasteiger partial charge in [-0.1, -0.05) is 11.3 Å². The molecular weight excluding hydrogens is 446 g/mol. The highest BCUT2D eigenvalue weighted by Gasteiger charge is 2.15. The van der Waals surface area contributed by atoms with Crippen LogP contribution in [0.2, 0.25) is 0 Å². The quantitative estimate of drug-likeness (QED) is 0.401. The van der Waals surface area contributed by atoms with Crippen molar-refractivity contribution < 1.29 is 14.6 Å². The molecule has 0 radical (unpaired) electrons. The Labute approximate surface area is 191 Å². The highest BCUT2D eigenvalue weighted by Crippen LogP contribution is 2.29. The number of H-pyrrole nitrogens is 1. The minimum atomic E-state index is -0.781. The number of methoxy groups -OCH3 is 1. The van der Waals surface area contributed by atoms with Crippen LogP contribution in [-0.4, -0.2) is 44.8 Å². The van der Waals surface area contributed by atoms with Crippen molar-refractivity contribution in [2.24, 2.45) is 4.99 Å². The molecule has 0 aliphatic heterocycles. The minimum Gasteiger partial charge on any atom is -0.497 e. The topological polar surface area (TPSA) is 132 Å². The van der Waals surface area contributed by atoms with E-state index in [-0.39, 0.29) is 10.7 Å². The third-order valence-electron chi connectivity index (χ3n) is 4.58. The molecule has 0 amide bonds. The number of rotatable bonds is 7. The Balaban J connectivity index is 1.64. The Hall–Kier alpha value is -4.25. The molecule has 33 heavy (non-hydrogen) atoms. The van der Waals surface area contributed by atoms with Crippen molar-refractivity contribution in [1.82, 2.24) is 19.7 Å². The van der Waals surface area contributed by atoms with E-state index in [9.17, 15) is 14.7 Å². The first kappa shape index (κ1) is 22.0. The molecule has 0 saturated heterocycles. The minimum absolute atomic E-state index is 0.190. The Morgan fingerprint density at radius 2 is 1.79 bits per heavy atom. The van der Waals surface area contributed by atoms with Crippen molar-refractivity contribution in [3.63, 3.8) is 0 Å². The molecule has 0 atom stereocenters. The van der Waals surface area contributed by atoms with Crippen LogP contribution in [0.4, 0.5) is 5.13 Å². The SMILES string of the molecule is CCOc1ccc(-n2c(O)c(C=Nc3nnc(-c4ccc(OC)cc4)s3)c(=O)[nH]c2=O)cc1. The van der Waals surface area contributed by atoms with Gasteiger partial charge < -0.3 is 14.6 Å². The van der Waals surface area contributed by atoms with Crippen LogP contribution in [0.15, 0.2) is 63.1 Å². The van der Waals surface area contributed by atoms with Gasteiger partial charge in [0.1, 0.15) is 22.1 Å². The molecule has 168 valence electrons. The number of nitrogens with one attached hydrogen (secondary N) is 1. The van der Waals surface area contributed by atoms with Gasteiger partial charge >= 0.3 is 5.69 Å². The van der Waals surface area contributed by atoms with E-state index in [0.717, 1.165) is 22.1 Å². The second-order valence-electron chi connectivity index (χ2n) is 6.64. The molecule has 11 heteroatoms. The lowest BCUT2D eigenvalue weighted by Gasteiger charge is -2.10. The summed E-state index contributed by atoms with van der Waals surface area (Å²) in [5.74, 6) is 0.791. The number of aromatic amines is 1. The first-order chi connectivity index (χ1) is 16.0. The van der Waals surface area contributed by atoms with Gasteiger partial charge in [0.15, 0.2) is 0 Å². The van der Waals surface area contributed by atoms with Gasteiger partial charge in [0.05, 0.1) is 19.4 Å². The van der Waals surface area contributed by atoms with Crippen LogP contribution >= 0.6 is 11.3 Å². The summed E-state index contributed by atoms with van der Waals surface area (Å²) in [6.07, 6.45) is 1.15. The number of aromatic nitrogens is 4. The second-order valence-corrected chi connectivity index (χ2v) is 7.59. The Bertz CT molecular complexity index is 1410. The second kappa shape index (κ2) is 9.49. The van der Waals surface area contributed by atoms with Gasteiger partial charge in [-0.3, -0.25) is 9.78 Å². The molecule has 2 aromatic heterocycles. The zero-order valence-corrected chi connectivity index (χ0v) is 18.5. The van der Waals surface area contributed by atoms with Crippen LogP contribution in [0.25, 0.3) is 16.3 Å². The average Bonchev–Trinajstić information content (AvgIpc) is 3.29. The van der Waals surface area contributed by atoms with Crippen LogP contribution in [0.1, 0.15) is 12.5 Å². The van der Waals surface area contributed by atoms with Gasteiger partial charge in [-0.05, 0) is 55.5 Å². The van der Waals surface area contributed by atoms with Crippen molar-refractivity contribution >= 4 is 22.7 Å². The average molecular weight is 465 g/mol. The summed E-state index contributed by atoms with van der Waals surface area (Å²) in [5.41, 5.74) is -0.561. The van der Waals surface area contributed by atoms with E-state index in [2.05, 4.69) is 20.2 Å². The predicted octanol–water partition coefficient (Wildman–Crippen LogP) is 2.91. The normalized spacial score (nSPS) is 11.1. The van der Waals surface area contributed by atoms with Gasteiger partial charge in [-0.2, -0.15) is 0 Å². The van der Waals surface area contributed by atoms with Crippen LogP contribution < -0.4 is 20.7 Å². The molecule has 0 saturated carbocycles. The number of hydrogen-bond donors (Lipinski definition) is 2. The summed E-state index contributed by atoms with van der Waals surface area (Å²) in [6.45, 7) is 2.35. The highest BCUT2D eigenvalue weighted by atomic mass is 32.1. The molecule has 10 nitrogen and oxygen atoms in total. The lowest BCUT2D eigenvalue weighted by molar-refractivity contribution is 0.340. The van der Waals surface area contributed by atoms with E-state index in [1.165, 1.54) is 11.3 Å². The third kappa shape index (κ3) is 4.67. The maximum Gasteiger partial charge on any atom is 0.335 e. The van der Waals surface area contributed by atoms with Gasteiger partial charge in [0.25, 0.3) is 5.56 Å². The molecule has 4 aromatic rings. The van der Waals surface area contributed by atoms with Crippen LogP contribution in [0.5, 0.6) is 17.4 Å². The number of nitrogens with zero attached hydrogens (tertiary/aromatic N) is 4. The van der Waals surface area contributed by atoms with Crippen LogP contribution in [0, 0.1) is 0 Å². The van der Waals surface area contributed by atoms with E-state index in [1.807, 2.05) is 19.1 Å². The van der Waals surface area contributed by atoms with Gasteiger partial charge in [0.2, 0.25) is 11.0 Å². The monoisotopic (exact) mass is 465 g/mol. The standard InChI is InChI=1S/C22H19N5O5S/c1-3-32-16-10-6-14(7-11-16)27-20(29)17(18(28)24-22(27)30)12-23-21-26-25-19(33-21)13-4-8-15(31-2)9-5-13/h4-12,29H,3H2,1-2H3,(H,24,28,30). The summed E-state index contributed by atoms with van der Waals surface area (Å²) in [4.78, 5) is 31.0. The first-order valence-electron chi connectivity index (χ1n) is 9.83. The molecule has 0 fully saturated rings.